The van der Waals surface area contributed by atoms with Crippen molar-refractivity contribution in [3.63, 3.8) is 0 Å². The molecule has 4 rings (SSSR count). The molecule has 0 saturated heterocycles. The molecule has 0 N–H and O–H groups in total. The van der Waals surface area contributed by atoms with Crippen molar-refractivity contribution in [2.24, 2.45) is 0 Å². The average molecular weight is 445 g/mol. The van der Waals surface area contributed by atoms with Gasteiger partial charge in [-0.05, 0) is 38.1 Å². The zero-order valence-electron chi connectivity index (χ0n) is 14.9. The molecule has 0 radical (unpaired) electrons. The molecule has 2 heterocycles. The zero-order chi connectivity index (χ0) is 17.2. The summed E-state index contributed by atoms with van der Waals surface area (Å²) in [6, 6.07) is 17.2. The van der Waals surface area contributed by atoms with Crippen molar-refractivity contribution < 1.29 is 21.5 Å². The van der Waals surface area contributed by atoms with Gasteiger partial charge in [-0.3, -0.25) is 0 Å². The molecule has 0 spiro atoms. The van der Waals surface area contributed by atoms with Crippen LogP contribution in [-0.4, -0.2) is 6.54 Å². The molecule has 5 heteroatoms. The molecule has 0 unspecified atom stereocenters. The fraction of sp³-hybridized carbons (Fsp3) is 0.190. The third kappa shape index (κ3) is 3.48. The first kappa shape index (κ1) is 19.2. The number of thioether (sulfide) groups is 1. The summed E-state index contributed by atoms with van der Waals surface area (Å²) in [5, 5.41) is 2.59. The van der Waals surface area contributed by atoms with E-state index in [0.717, 1.165) is 13.1 Å². The van der Waals surface area contributed by atoms with Crippen molar-refractivity contribution in [2.75, 3.05) is 11.4 Å². The van der Waals surface area contributed by atoms with Crippen molar-refractivity contribution in [1.29, 1.82) is 0 Å². The number of benzene rings is 2. The smallest absolute Gasteiger partial charge is 0.262 e. The van der Waals surface area contributed by atoms with Crippen LogP contribution in [0.2, 0.25) is 0 Å². The fourth-order valence-corrected chi connectivity index (χ4v) is 5.50. The molecule has 2 nitrogen and oxygen atoms in total. The van der Waals surface area contributed by atoms with E-state index in [2.05, 4.69) is 90.1 Å². The molecule has 0 bridgehead atoms. The predicted octanol–water partition coefficient (Wildman–Crippen LogP) is 2.70. The van der Waals surface area contributed by atoms with Crippen LogP contribution in [-0.2, 0) is 6.54 Å². The van der Waals surface area contributed by atoms with Crippen LogP contribution in [0.5, 0.6) is 0 Å². The first-order valence-electron chi connectivity index (χ1n) is 8.66. The van der Waals surface area contributed by atoms with Crippen LogP contribution in [0.3, 0.4) is 0 Å². The van der Waals surface area contributed by atoms with E-state index in [4.69, 9.17) is 0 Å². The summed E-state index contributed by atoms with van der Waals surface area (Å²) < 4.78 is 3.72. The number of fused-ring (bicyclic) bond motifs is 2. The number of hydrogen-bond acceptors (Lipinski definition) is 3. The molecule has 26 heavy (non-hydrogen) atoms. The van der Waals surface area contributed by atoms with Gasteiger partial charge in [0.05, 0.1) is 10.7 Å². The average Bonchev–Trinajstić information content (AvgIpc) is 3.18. The summed E-state index contributed by atoms with van der Waals surface area (Å²) in [4.78, 5) is 3.72. The Morgan fingerprint density at radius 2 is 1.81 bits per heavy atom. The molecule has 3 aromatic rings. The first-order chi connectivity index (χ1) is 12.3. The summed E-state index contributed by atoms with van der Waals surface area (Å²) in [5.74, 6) is 0. The van der Waals surface area contributed by atoms with E-state index in [0.29, 0.717) is 0 Å². The topological polar surface area (TPSA) is 7.12 Å². The molecule has 1 aromatic heterocycles. The lowest BCUT2D eigenvalue weighted by molar-refractivity contribution is -0.665. The molecule has 1 aliphatic rings. The Labute approximate surface area is 173 Å². The Morgan fingerprint density at radius 1 is 1.04 bits per heavy atom. The lowest BCUT2D eigenvalue weighted by Crippen LogP contribution is -3.00. The summed E-state index contributed by atoms with van der Waals surface area (Å²) >= 11 is 3.70. The van der Waals surface area contributed by atoms with E-state index in [9.17, 15) is 0 Å². The molecular formula is C21H21BrN2S2. The van der Waals surface area contributed by atoms with E-state index in [1.165, 1.54) is 30.8 Å². The Morgan fingerprint density at radius 3 is 2.62 bits per heavy atom. The Hall–Kier alpha value is -1.56. The van der Waals surface area contributed by atoms with Crippen LogP contribution < -0.4 is 26.4 Å². The summed E-state index contributed by atoms with van der Waals surface area (Å²) in [7, 11) is 0. The van der Waals surface area contributed by atoms with Gasteiger partial charge < -0.3 is 21.9 Å². The maximum atomic E-state index is 2.38. The maximum absolute atomic E-state index is 2.38. The molecule has 0 fully saturated rings. The third-order valence-electron chi connectivity index (χ3n) is 4.38. The molecule has 0 amide bonds. The summed E-state index contributed by atoms with van der Waals surface area (Å²) in [5.41, 5.74) is 2.64. The summed E-state index contributed by atoms with van der Waals surface area (Å²) in [6.07, 6.45) is 6.66. The maximum Gasteiger partial charge on any atom is 0.262 e. The minimum absolute atomic E-state index is 0. The largest absolute Gasteiger partial charge is 1.00 e. The van der Waals surface area contributed by atoms with Gasteiger partial charge in [0.1, 0.15) is 11.2 Å². The zero-order valence-corrected chi connectivity index (χ0v) is 18.1. The van der Waals surface area contributed by atoms with Gasteiger partial charge in [-0.2, -0.15) is 4.57 Å². The molecule has 0 saturated carbocycles. The highest BCUT2D eigenvalue weighted by Gasteiger charge is 2.22. The third-order valence-corrected chi connectivity index (χ3v) is 6.64. The highest BCUT2D eigenvalue weighted by molar-refractivity contribution is 8.03. The normalized spacial score (nSPS) is 15.0. The minimum Gasteiger partial charge on any atom is -1.00 e. The standard InChI is InChI=1S/C21H21N2S2.BrH/c1-3-22-16-10-5-7-12-18(16)24-20(22)14-9-15-21-23(4-2)17-11-6-8-13-19(17)25-21;/h5-15H,3-4H2,1-2H3;1H/q+1;/p-1. The lowest BCUT2D eigenvalue weighted by atomic mass is 10.3. The van der Waals surface area contributed by atoms with E-state index in [-0.39, 0.29) is 17.0 Å². The van der Waals surface area contributed by atoms with Crippen LogP contribution in [0.25, 0.3) is 16.3 Å². The number of para-hydroxylation sites is 2. The number of rotatable bonds is 4. The van der Waals surface area contributed by atoms with Crippen molar-refractivity contribution in [1.82, 2.24) is 0 Å². The van der Waals surface area contributed by atoms with Gasteiger partial charge in [-0.25, -0.2) is 0 Å². The van der Waals surface area contributed by atoms with Crippen molar-refractivity contribution in [3.8, 4) is 0 Å². The highest BCUT2D eigenvalue weighted by Crippen LogP contribution is 2.45. The number of nitrogens with zero attached hydrogens (tertiary/aromatic N) is 2. The predicted molar refractivity (Wildman–Crippen MR) is 110 cm³/mol. The molecular weight excluding hydrogens is 424 g/mol. The number of allylic oxidation sites excluding steroid dienone is 2. The fourth-order valence-electron chi connectivity index (χ4n) is 3.22. The van der Waals surface area contributed by atoms with Gasteiger partial charge >= 0.3 is 0 Å². The second-order valence-corrected chi connectivity index (χ2v) is 7.95. The molecule has 0 atom stereocenters. The van der Waals surface area contributed by atoms with Crippen LogP contribution in [0.1, 0.15) is 18.9 Å². The second kappa shape index (κ2) is 8.42. The van der Waals surface area contributed by atoms with E-state index in [1.54, 1.807) is 0 Å². The molecule has 0 aliphatic carbocycles. The highest BCUT2D eigenvalue weighted by atomic mass is 79.9. The molecule has 1 aliphatic heterocycles. The molecule has 134 valence electrons. The number of aromatic nitrogens is 1. The van der Waals surface area contributed by atoms with Gasteiger partial charge in [0.2, 0.25) is 5.52 Å². The van der Waals surface area contributed by atoms with E-state index >= 15 is 0 Å². The Kier molecular flexibility index (Phi) is 6.22. The van der Waals surface area contributed by atoms with Crippen molar-refractivity contribution in [2.45, 2.75) is 25.3 Å². The SMILES string of the molecule is CCN1/C(=C\C=C\c2sc3ccccc3[n+]2CC)Sc2ccccc21.[Br-]. The van der Waals surface area contributed by atoms with Crippen LogP contribution in [0.15, 0.2) is 70.6 Å². The molecule has 2 aromatic carbocycles. The number of anilines is 1. The Balaban J connectivity index is 0.00000196. The number of halogens is 1. The lowest BCUT2D eigenvalue weighted by Gasteiger charge is -2.17. The summed E-state index contributed by atoms with van der Waals surface area (Å²) in [6.45, 7) is 6.39. The van der Waals surface area contributed by atoms with Gasteiger partial charge in [-0.15, -0.1) is 0 Å². The van der Waals surface area contributed by atoms with Crippen LogP contribution in [0.4, 0.5) is 5.69 Å². The number of thiazole rings is 1. The van der Waals surface area contributed by atoms with Crippen LogP contribution >= 0.6 is 23.1 Å². The second-order valence-electron chi connectivity index (χ2n) is 5.83. The van der Waals surface area contributed by atoms with Crippen molar-refractivity contribution >= 4 is 45.1 Å². The monoisotopic (exact) mass is 444 g/mol. The van der Waals surface area contributed by atoms with Gasteiger partial charge in [0, 0.05) is 23.6 Å². The van der Waals surface area contributed by atoms with Crippen LogP contribution in [0, 0.1) is 0 Å². The van der Waals surface area contributed by atoms with Crippen molar-refractivity contribution in [3.05, 3.63) is 70.7 Å². The number of hydrogen-bond donors (Lipinski definition) is 0. The Bertz CT molecular complexity index is 975. The quantitative estimate of drug-likeness (QED) is 0.571. The van der Waals surface area contributed by atoms with Gasteiger partial charge in [0.15, 0.2) is 0 Å². The number of aryl methyl sites for hydroxylation is 1. The minimum atomic E-state index is 0. The van der Waals surface area contributed by atoms with E-state index in [1.807, 2.05) is 23.1 Å². The first-order valence-corrected chi connectivity index (χ1v) is 10.3. The van der Waals surface area contributed by atoms with Gasteiger partial charge in [0.25, 0.3) is 5.01 Å². The van der Waals surface area contributed by atoms with E-state index < -0.39 is 0 Å². The van der Waals surface area contributed by atoms with Gasteiger partial charge in [-0.1, -0.05) is 53.4 Å².